The molecule has 1 saturated heterocycles. The number of para-hydroxylation sites is 1. The number of hydrogen-bond acceptors (Lipinski definition) is 7. The molecular weight excluding hydrogens is 515 g/mol. The number of halogens is 1. The van der Waals surface area contributed by atoms with Gasteiger partial charge in [-0.3, -0.25) is 0 Å². The van der Waals surface area contributed by atoms with E-state index in [1.54, 1.807) is 19.5 Å². The molecule has 1 aliphatic heterocycles. The Labute approximate surface area is 231 Å². The lowest BCUT2D eigenvalue weighted by atomic mass is 9.60. The van der Waals surface area contributed by atoms with E-state index in [2.05, 4.69) is 69.6 Å². The fraction of sp³-hybridized carbons (Fsp3) is 0.448. The fourth-order valence-electron chi connectivity index (χ4n) is 5.84. The summed E-state index contributed by atoms with van der Waals surface area (Å²) in [5.74, 6) is 0.909. The Kier molecular flexibility index (Phi) is 7.47. The predicted molar refractivity (Wildman–Crippen MR) is 161 cm³/mol. The summed E-state index contributed by atoms with van der Waals surface area (Å²) in [5.41, 5.74) is 4.74. The Balaban J connectivity index is 1.26. The van der Waals surface area contributed by atoms with Gasteiger partial charge in [0.2, 0.25) is 5.95 Å². The quantitative estimate of drug-likeness (QED) is 0.325. The van der Waals surface area contributed by atoms with Crippen molar-refractivity contribution in [3.05, 3.63) is 59.2 Å². The second-order valence-electron chi connectivity index (χ2n) is 11.5. The summed E-state index contributed by atoms with van der Waals surface area (Å²) in [6.45, 7) is 7.91. The average Bonchev–Trinajstić information content (AvgIpc) is 2.84. The zero-order valence-corrected chi connectivity index (χ0v) is 24.6. The van der Waals surface area contributed by atoms with Crippen LogP contribution in [0.25, 0.3) is 0 Å². The molecule has 2 heterocycles. The first-order chi connectivity index (χ1) is 18.0. The standard InChI is InChI=1S/C29H38ClN6OP/c1-20-16-21(10-11-25(20)36-14-12-29(13-15-36)17-22(18-29)35(2)3)32-28-31-19-23(30)27(34-28)33-24-8-6-7-9-26(24)38(4,5)37/h6-11,16,19,22H,12-15,17-18H2,1-5H3,(H2,31,32,33,34). The lowest BCUT2D eigenvalue weighted by Gasteiger charge is -2.54. The van der Waals surface area contributed by atoms with Gasteiger partial charge in [0.1, 0.15) is 12.2 Å². The number of rotatable bonds is 7. The maximum atomic E-state index is 12.8. The van der Waals surface area contributed by atoms with Gasteiger partial charge < -0.3 is 25.0 Å². The van der Waals surface area contributed by atoms with Crippen molar-refractivity contribution in [2.24, 2.45) is 5.41 Å². The van der Waals surface area contributed by atoms with Crippen LogP contribution in [0.2, 0.25) is 5.02 Å². The van der Waals surface area contributed by atoms with Crippen molar-refractivity contribution >= 4 is 52.9 Å². The molecule has 0 radical (unpaired) electrons. The van der Waals surface area contributed by atoms with Gasteiger partial charge in [0.25, 0.3) is 0 Å². The summed E-state index contributed by atoms with van der Waals surface area (Å²) in [6.07, 6.45) is 6.82. The Hall–Kier alpha value is -2.60. The molecule has 9 heteroatoms. The van der Waals surface area contributed by atoms with E-state index in [4.69, 9.17) is 11.6 Å². The first-order valence-corrected chi connectivity index (χ1v) is 16.2. The first-order valence-electron chi connectivity index (χ1n) is 13.3. The van der Waals surface area contributed by atoms with Crippen molar-refractivity contribution in [3.63, 3.8) is 0 Å². The molecule has 1 aliphatic carbocycles. The molecule has 0 unspecified atom stereocenters. The van der Waals surface area contributed by atoms with Crippen LogP contribution >= 0.6 is 18.7 Å². The summed E-state index contributed by atoms with van der Waals surface area (Å²) >= 11 is 6.41. The molecule has 38 heavy (non-hydrogen) atoms. The predicted octanol–water partition coefficient (Wildman–Crippen LogP) is 6.48. The van der Waals surface area contributed by atoms with Crippen LogP contribution in [-0.2, 0) is 4.57 Å². The van der Waals surface area contributed by atoms with Crippen molar-refractivity contribution in [2.45, 2.75) is 38.6 Å². The maximum Gasteiger partial charge on any atom is 0.229 e. The van der Waals surface area contributed by atoms with Crippen LogP contribution in [0.3, 0.4) is 0 Å². The van der Waals surface area contributed by atoms with Crippen LogP contribution in [0.1, 0.15) is 31.2 Å². The molecule has 2 aliphatic rings. The molecule has 2 aromatic carbocycles. The maximum absolute atomic E-state index is 12.8. The number of nitrogens with one attached hydrogen (secondary N) is 2. The first kappa shape index (κ1) is 27.0. The molecule has 3 aromatic rings. The summed E-state index contributed by atoms with van der Waals surface area (Å²) in [6, 6.07) is 14.7. The highest BCUT2D eigenvalue weighted by atomic mass is 35.5. The van der Waals surface area contributed by atoms with Gasteiger partial charge >= 0.3 is 0 Å². The average molecular weight is 553 g/mol. The molecule has 2 fully saturated rings. The van der Waals surface area contributed by atoms with Crippen LogP contribution < -0.4 is 20.8 Å². The van der Waals surface area contributed by atoms with Crippen LogP contribution in [0.4, 0.5) is 28.8 Å². The van der Waals surface area contributed by atoms with E-state index in [9.17, 15) is 4.57 Å². The molecule has 5 rings (SSSR count). The van der Waals surface area contributed by atoms with Crippen LogP contribution in [-0.4, -0.2) is 61.4 Å². The highest BCUT2D eigenvalue weighted by Crippen LogP contribution is 2.51. The monoisotopic (exact) mass is 552 g/mol. The highest BCUT2D eigenvalue weighted by Gasteiger charge is 2.46. The van der Waals surface area contributed by atoms with E-state index in [0.717, 1.165) is 35.8 Å². The fourth-order valence-corrected chi connectivity index (χ4v) is 7.14. The molecule has 0 atom stereocenters. The second-order valence-corrected chi connectivity index (χ2v) is 15.1. The molecular formula is C29H38ClN6OP. The molecule has 202 valence electrons. The van der Waals surface area contributed by atoms with Gasteiger partial charge in [0.05, 0.1) is 11.9 Å². The topological polar surface area (TPSA) is 73.4 Å². The number of aryl methyl sites for hydroxylation is 1. The van der Waals surface area contributed by atoms with Crippen molar-refractivity contribution in [3.8, 4) is 0 Å². The largest absolute Gasteiger partial charge is 0.371 e. The smallest absolute Gasteiger partial charge is 0.229 e. The zero-order chi connectivity index (χ0) is 27.1. The Morgan fingerprint density at radius 3 is 2.45 bits per heavy atom. The minimum absolute atomic E-state index is 0.394. The number of aromatic nitrogens is 2. The summed E-state index contributed by atoms with van der Waals surface area (Å²) in [7, 11) is 1.92. The van der Waals surface area contributed by atoms with Crippen molar-refractivity contribution in [1.82, 2.24) is 14.9 Å². The van der Waals surface area contributed by atoms with E-state index in [1.165, 1.54) is 36.9 Å². The normalized spacial score (nSPS) is 17.5. The number of anilines is 5. The highest BCUT2D eigenvalue weighted by molar-refractivity contribution is 7.70. The van der Waals surface area contributed by atoms with Crippen LogP contribution in [0, 0.1) is 12.3 Å². The van der Waals surface area contributed by atoms with Gasteiger partial charge in [-0.1, -0.05) is 23.7 Å². The number of hydrogen-bond donors (Lipinski definition) is 2. The zero-order valence-electron chi connectivity index (χ0n) is 23.0. The van der Waals surface area contributed by atoms with Gasteiger partial charge in [0.15, 0.2) is 5.82 Å². The number of piperidine rings is 1. The van der Waals surface area contributed by atoms with E-state index in [-0.39, 0.29) is 0 Å². The van der Waals surface area contributed by atoms with E-state index in [1.807, 2.05) is 24.3 Å². The van der Waals surface area contributed by atoms with Crippen molar-refractivity contribution in [1.29, 1.82) is 0 Å². The summed E-state index contributed by atoms with van der Waals surface area (Å²) in [4.78, 5) is 13.9. The third kappa shape index (κ3) is 5.70. The molecule has 0 bridgehead atoms. The molecule has 7 nitrogen and oxygen atoms in total. The van der Waals surface area contributed by atoms with Gasteiger partial charge in [-0.25, -0.2) is 4.98 Å². The minimum Gasteiger partial charge on any atom is -0.371 e. The summed E-state index contributed by atoms with van der Waals surface area (Å²) in [5, 5.41) is 7.73. The molecule has 0 amide bonds. The third-order valence-corrected chi connectivity index (χ3v) is 9.99. The van der Waals surface area contributed by atoms with Crippen LogP contribution in [0.15, 0.2) is 48.7 Å². The van der Waals surface area contributed by atoms with Crippen LogP contribution in [0.5, 0.6) is 0 Å². The molecule has 1 aromatic heterocycles. The van der Waals surface area contributed by atoms with Gasteiger partial charge in [-0.05, 0) is 101 Å². The van der Waals surface area contributed by atoms with Gasteiger partial charge in [-0.15, -0.1) is 0 Å². The van der Waals surface area contributed by atoms with Gasteiger partial charge in [-0.2, -0.15) is 4.98 Å². The summed E-state index contributed by atoms with van der Waals surface area (Å²) < 4.78 is 12.8. The number of nitrogens with zero attached hydrogens (tertiary/aromatic N) is 4. The second kappa shape index (κ2) is 10.5. The molecule has 2 N–H and O–H groups in total. The third-order valence-electron chi connectivity index (χ3n) is 8.17. The van der Waals surface area contributed by atoms with Crippen molar-refractivity contribution < 1.29 is 4.57 Å². The van der Waals surface area contributed by atoms with E-state index < -0.39 is 7.14 Å². The molecule has 1 spiro atoms. The Morgan fingerprint density at radius 1 is 1.08 bits per heavy atom. The van der Waals surface area contributed by atoms with Crippen molar-refractivity contribution in [2.75, 3.05) is 56.0 Å². The lowest BCUT2D eigenvalue weighted by molar-refractivity contribution is 0.00489. The van der Waals surface area contributed by atoms with E-state index in [0.29, 0.717) is 22.2 Å². The minimum atomic E-state index is -2.48. The Morgan fingerprint density at radius 2 is 1.79 bits per heavy atom. The number of benzene rings is 2. The Bertz CT molecular complexity index is 1360. The SMILES string of the molecule is Cc1cc(Nc2ncc(Cl)c(Nc3ccccc3P(C)(C)=O)n2)ccc1N1CCC2(CC1)CC(N(C)C)C2. The lowest BCUT2D eigenvalue weighted by Crippen LogP contribution is -2.53. The van der Waals surface area contributed by atoms with Gasteiger partial charge in [0, 0.05) is 35.8 Å². The van der Waals surface area contributed by atoms with E-state index >= 15 is 0 Å². The molecule has 1 saturated carbocycles.